The van der Waals surface area contributed by atoms with Crippen LogP contribution < -0.4 is 4.74 Å². The maximum absolute atomic E-state index is 13.1. The molecule has 2 bridgehead atoms. The molecule has 0 heterocycles. The second-order valence-corrected chi connectivity index (χ2v) is 13.0. The standard InChI is InChI=1S/C30H40F3NO4/c1-5-36-25(35)28(4)14-6-13-27(3)22(28)12-16-29-17-24(26(2,19-29)15-11-23(27)29)34-37-18-20-7-9-21(10-8-20)38-30(31,32)33/h7-10,22-23H,5-6,11-19H2,1-4H3/b34-24+/t22-,23-,26-,27+,28+,29-/m0/s1. The third kappa shape index (κ3) is 4.60. The number of esters is 1. The van der Waals surface area contributed by atoms with Crippen LogP contribution in [-0.2, 0) is 21.0 Å². The van der Waals surface area contributed by atoms with Crippen LogP contribution in [0.1, 0.15) is 91.0 Å². The molecule has 5 rings (SSSR count). The van der Waals surface area contributed by atoms with E-state index in [1.54, 1.807) is 12.1 Å². The molecule has 8 heteroatoms. The number of halogens is 3. The summed E-state index contributed by atoms with van der Waals surface area (Å²) in [5.41, 5.74) is 1.73. The molecule has 4 fully saturated rings. The molecule has 1 spiro atoms. The lowest BCUT2D eigenvalue weighted by Gasteiger charge is -2.64. The molecule has 4 aliphatic rings. The van der Waals surface area contributed by atoms with Crippen molar-refractivity contribution >= 4 is 11.7 Å². The first-order valence-electron chi connectivity index (χ1n) is 14.0. The molecule has 5 nitrogen and oxygen atoms in total. The van der Waals surface area contributed by atoms with Crippen LogP contribution in [0.15, 0.2) is 29.4 Å². The largest absolute Gasteiger partial charge is 0.573 e. The van der Waals surface area contributed by atoms with E-state index in [0.29, 0.717) is 18.4 Å². The number of nitrogens with zero attached hydrogens (tertiary/aromatic N) is 1. The van der Waals surface area contributed by atoms with Crippen LogP contribution in [0.3, 0.4) is 0 Å². The third-order valence-electron chi connectivity index (χ3n) is 10.7. The van der Waals surface area contributed by atoms with Gasteiger partial charge in [-0.1, -0.05) is 37.6 Å². The molecule has 0 unspecified atom stereocenters. The van der Waals surface area contributed by atoms with Gasteiger partial charge in [0.15, 0.2) is 0 Å². The van der Waals surface area contributed by atoms with Crippen LogP contribution in [0.5, 0.6) is 5.75 Å². The van der Waals surface area contributed by atoms with Gasteiger partial charge in [0.25, 0.3) is 0 Å². The SMILES string of the molecule is CCOC(=O)[C@]1(C)CCC[C@@]2(C)[C@@H]3CC[C@@]4(C)C[C@]3(CC[C@@H]21)C/C4=N\OCc1ccc(OC(F)(F)F)cc1. The number of hydrogen-bond donors (Lipinski definition) is 0. The Hall–Kier alpha value is -2.25. The average Bonchev–Trinajstić information content (AvgIpc) is 3.03. The maximum atomic E-state index is 13.1. The lowest BCUT2D eigenvalue weighted by Crippen LogP contribution is -2.58. The van der Waals surface area contributed by atoms with Crippen LogP contribution in [-0.4, -0.2) is 24.7 Å². The van der Waals surface area contributed by atoms with Crippen molar-refractivity contribution < 1.29 is 32.3 Å². The number of oxime groups is 1. The minimum atomic E-state index is -4.71. The van der Waals surface area contributed by atoms with E-state index in [4.69, 9.17) is 9.57 Å². The van der Waals surface area contributed by atoms with Gasteiger partial charge in [-0.2, -0.15) is 0 Å². The molecule has 1 aromatic rings. The first-order valence-corrected chi connectivity index (χ1v) is 14.0. The molecule has 4 aliphatic carbocycles. The monoisotopic (exact) mass is 535 g/mol. The first kappa shape index (κ1) is 27.3. The highest BCUT2D eigenvalue weighted by Crippen LogP contribution is 2.73. The number of benzene rings is 1. The summed E-state index contributed by atoms with van der Waals surface area (Å²) in [6.07, 6.45) is 4.79. The lowest BCUT2D eigenvalue weighted by molar-refractivity contribution is -0.274. The Bertz CT molecular complexity index is 1090. The second kappa shape index (κ2) is 9.44. The number of rotatable bonds is 6. The summed E-state index contributed by atoms with van der Waals surface area (Å²) in [4.78, 5) is 18.9. The molecule has 0 radical (unpaired) electrons. The van der Waals surface area contributed by atoms with E-state index >= 15 is 0 Å². The van der Waals surface area contributed by atoms with Gasteiger partial charge in [0.1, 0.15) is 12.4 Å². The van der Waals surface area contributed by atoms with Crippen molar-refractivity contribution in [3.05, 3.63) is 29.8 Å². The van der Waals surface area contributed by atoms with Crippen LogP contribution in [0.2, 0.25) is 0 Å². The summed E-state index contributed by atoms with van der Waals surface area (Å²) in [6, 6.07) is 5.72. The van der Waals surface area contributed by atoms with E-state index in [2.05, 4.69) is 30.7 Å². The predicted molar refractivity (Wildman–Crippen MR) is 137 cm³/mol. The van der Waals surface area contributed by atoms with Gasteiger partial charge in [0.2, 0.25) is 0 Å². The van der Waals surface area contributed by atoms with E-state index in [-0.39, 0.29) is 34.6 Å². The molecule has 38 heavy (non-hydrogen) atoms. The number of ether oxygens (including phenoxy) is 2. The van der Waals surface area contributed by atoms with Crippen LogP contribution in [0.4, 0.5) is 13.2 Å². The van der Waals surface area contributed by atoms with E-state index in [1.165, 1.54) is 12.1 Å². The topological polar surface area (TPSA) is 57.1 Å². The van der Waals surface area contributed by atoms with Crippen molar-refractivity contribution in [2.75, 3.05) is 6.61 Å². The Kier molecular flexibility index (Phi) is 6.79. The normalized spacial score (nSPS) is 39.3. The van der Waals surface area contributed by atoms with E-state index in [9.17, 15) is 18.0 Å². The summed E-state index contributed by atoms with van der Waals surface area (Å²) in [5, 5.41) is 4.64. The van der Waals surface area contributed by atoms with Gasteiger partial charge in [0.05, 0.1) is 17.7 Å². The molecule has 0 aromatic heterocycles. The Morgan fingerprint density at radius 2 is 1.74 bits per heavy atom. The fourth-order valence-electron chi connectivity index (χ4n) is 9.18. The van der Waals surface area contributed by atoms with Crippen LogP contribution in [0, 0.1) is 33.5 Å². The molecular weight excluding hydrogens is 495 g/mol. The van der Waals surface area contributed by atoms with Gasteiger partial charge >= 0.3 is 12.3 Å². The Balaban J connectivity index is 1.30. The van der Waals surface area contributed by atoms with Gasteiger partial charge < -0.3 is 14.3 Å². The molecule has 0 saturated heterocycles. The summed E-state index contributed by atoms with van der Waals surface area (Å²) < 4.78 is 46.8. The Labute approximate surface area is 223 Å². The zero-order valence-electron chi connectivity index (χ0n) is 23.0. The number of hydrogen-bond acceptors (Lipinski definition) is 5. The second-order valence-electron chi connectivity index (χ2n) is 13.0. The predicted octanol–water partition coefficient (Wildman–Crippen LogP) is 7.82. The average molecular weight is 536 g/mol. The number of carbonyl (C=O) groups excluding carboxylic acids is 1. The fourth-order valence-corrected chi connectivity index (χ4v) is 9.18. The Morgan fingerprint density at radius 3 is 2.42 bits per heavy atom. The molecular formula is C30H40F3NO4. The molecule has 0 aliphatic heterocycles. The summed E-state index contributed by atoms with van der Waals surface area (Å²) in [5.74, 6) is 0.613. The van der Waals surface area contributed by atoms with Gasteiger partial charge in [-0.05, 0) is 106 Å². The van der Waals surface area contributed by atoms with Crippen molar-refractivity contribution in [1.29, 1.82) is 0 Å². The zero-order chi connectivity index (χ0) is 27.4. The lowest BCUT2D eigenvalue weighted by atomic mass is 9.40. The zero-order valence-corrected chi connectivity index (χ0v) is 23.0. The van der Waals surface area contributed by atoms with Crippen molar-refractivity contribution in [1.82, 2.24) is 0 Å². The van der Waals surface area contributed by atoms with E-state index in [0.717, 1.165) is 69.1 Å². The summed E-state index contributed by atoms with van der Waals surface area (Å²) in [7, 11) is 0. The Morgan fingerprint density at radius 1 is 1.03 bits per heavy atom. The number of carbonyl (C=O) groups is 1. The van der Waals surface area contributed by atoms with Crippen LogP contribution >= 0.6 is 0 Å². The molecule has 6 atom stereocenters. The third-order valence-corrected chi connectivity index (χ3v) is 10.7. The van der Waals surface area contributed by atoms with E-state index in [1.807, 2.05) is 6.92 Å². The van der Waals surface area contributed by atoms with Crippen LogP contribution in [0.25, 0.3) is 0 Å². The minimum absolute atomic E-state index is 0.00319. The van der Waals surface area contributed by atoms with Gasteiger partial charge in [0, 0.05) is 5.41 Å². The highest BCUT2D eigenvalue weighted by Gasteiger charge is 2.67. The summed E-state index contributed by atoms with van der Waals surface area (Å²) >= 11 is 0. The minimum Gasteiger partial charge on any atom is -0.466 e. The number of fused-ring (bicyclic) bond motifs is 3. The van der Waals surface area contributed by atoms with Gasteiger partial charge in [-0.15, -0.1) is 13.2 Å². The fraction of sp³-hybridized carbons (Fsp3) is 0.733. The van der Waals surface area contributed by atoms with E-state index < -0.39 is 11.8 Å². The van der Waals surface area contributed by atoms with Crippen molar-refractivity contribution in [3.8, 4) is 5.75 Å². The molecule has 0 N–H and O–H groups in total. The molecule has 4 saturated carbocycles. The van der Waals surface area contributed by atoms with Crippen molar-refractivity contribution in [3.63, 3.8) is 0 Å². The van der Waals surface area contributed by atoms with Gasteiger partial charge in [-0.3, -0.25) is 4.79 Å². The van der Waals surface area contributed by atoms with Crippen molar-refractivity contribution in [2.24, 2.45) is 38.7 Å². The smallest absolute Gasteiger partial charge is 0.466 e. The maximum Gasteiger partial charge on any atom is 0.573 e. The quantitative estimate of drug-likeness (QED) is 0.275. The highest BCUT2D eigenvalue weighted by atomic mass is 19.4. The molecule has 210 valence electrons. The number of alkyl halides is 3. The van der Waals surface area contributed by atoms with Gasteiger partial charge in [-0.25, -0.2) is 0 Å². The summed E-state index contributed by atoms with van der Waals surface area (Å²) in [6.45, 7) is 9.41. The highest BCUT2D eigenvalue weighted by molar-refractivity contribution is 5.93. The first-order chi connectivity index (χ1) is 17.8. The molecule has 0 amide bonds. The molecule has 1 aromatic carbocycles. The van der Waals surface area contributed by atoms with Crippen molar-refractivity contribution in [2.45, 2.75) is 98.5 Å².